The fourth-order valence-corrected chi connectivity index (χ4v) is 3.32. The fraction of sp³-hybridized carbons (Fsp3) is 0.333. The zero-order valence-corrected chi connectivity index (χ0v) is 15.5. The second kappa shape index (κ2) is 9.30. The molecule has 0 aliphatic carbocycles. The van der Waals surface area contributed by atoms with Crippen LogP contribution in [0.3, 0.4) is 0 Å². The smallest absolute Gasteiger partial charge is 0.321 e. The molecular weight excluding hydrogens is 364 g/mol. The number of urea groups is 1. The van der Waals surface area contributed by atoms with Gasteiger partial charge in [-0.1, -0.05) is 12.1 Å². The normalized spacial score (nSPS) is 14.6. The monoisotopic (exact) mass is 387 g/mol. The largest absolute Gasteiger partial charge is 0.352 e. The molecule has 0 atom stereocenters. The first-order chi connectivity index (χ1) is 13.5. The molecule has 0 aromatic heterocycles. The van der Waals surface area contributed by atoms with E-state index in [1.54, 1.807) is 23.1 Å². The van der Waals surface area contributed by atoms with Crippen LogP contribution < -0.4 is 10.6 Å². The second-order valence-electron chi connectivity index (χ2n) is 6.93. The van der Waals surface area contributed by atoms with Crippen molar-refractivity contribution in [2.45, 2.75) is 19.3 Å². The lowest BCUT2D eigenvalue weighted by atomic mass is 9.93. The van der Waals surface area contributed by atoms with E-state index in [9.17, 15) is 18.4 Å². The van der Waals surface area contributed by atoms with Crippen molar-refractivity contribution in [3.8, 4) is 0 Å². The molecule has 148 valence electrons. The molecule has 1 aliphatic heterocycles. The van der Waals surface area contributed by atoms with E-state index >= 15 is 0 Å². The molecule has 2 aromatic carbocycles. The molecule has 0 saturated carbocycles. The van der Waals surface area contributed by atoms with E-state index in [2.05, 4.69) is 10.6 Å². The van der Waals surface area contributed by atoms with Gasteiger partial charge in [0.25, 0.3) is 5.91 Å². The molecule has 3 rings (SSSR count). The Morgan fingerprint density at radius 1 is 1.00 bits per heavy atom. The number of likely N-dealkylation sites (tertiary alicyclic amines) is 1. The van der Waals surface area contributed by atoms with E-state index in [-0.39, 0.29) is 11.9 Å². The van der Waals surface area contributed by atoms with Crippen LogP contribution in [-0.2, 0) is 0 Å². The van der Waals surface area contributed by atoms with Crippen LogP contribution in [-0.4, -0.2) is 36.5 Å². The lowest BCUT2D eigenvalue weighted by molar-refractivity contribution is 0.0949. The topological polar surface area (TPSA) is 61.4 Å². The predicted octanol–water partition coefficient (Wildman–Crippen LogP) is 4.03. The molecule has 2 aromatic rings. The number of carbonyl (C=O) groups is 2. The minimum atomic E-state index is -0.434. The summed E-state index contributed by atoms with van der Waals surface area (Å²) in [5.74, 6) is -0.703. The zero-order chi connectivity index (χ0) is 19.9. The molecule has 0 bridgehead atoms. The molecule has 0 radical (unpaired) electrons. The molecule has 2 N–H and O–H groups in total. The Hall–Kier alpha value is -2.96. The van der Waals surface area contributed by atoms with Crippen molar-refractivity contribution in [2.75, 3.05) is 25.0 Å². The third-order valence-electron chi connectivity index (χ3n) is 4.90. The molecule has 1 fully saturated rings. The Morgan fingerprint density at radius 2 is 1.68 bits per heavy atom. The first-order valence-corrected chi connectivity index (χ1v) is 9.36. The van der Waals surface area contributed by atoms with E-state index in [4.69, 9.17) is 0 Å². The number of halogens is 2. The van der Waals surface area contributed by atoms with Crippen molar-refractivity contribution in [1.29, 1.82) is 0 Å². The molecular formula is C21H23F2N3O2. The van der Waals surface area contributed by atoms with Crippen molar-refractivity contribution in [3.63, 3.8) is 0 Å². The zero-order valence-electron chi connectivity index (χ0n) is 15.5. The maximum absolute atomic E-state index is 13.2. The number of hydrogen-bond acceptors (Lipinski definition) is 2. The van der Waals surface area contributed by atoms with Crippen LogP contribution in [0.4, 0.5) is 19.3 Å². The van der Waals surface area contributed by atoms with Gasteiger partial charge in [0, 0.05) is 30.9 Å². The number of hydrogen-bond donors (Lipinski definition) is 2. The van der Waals surface area contributed by atoms with Gasteiger partial charge >= 0.3 is 6.03 Å². The minimum absolute atomic E-state index is 0.233. The number of rotatable bonds is 5. The van der Waals surface area contributed by atoms with E-state index in [0.29, 0.717) is 36.8 Å². The molecule has 1 saturated heterocycles. The predicted molar refractivity (Wildman–Crippen MR) is 103 cm³/mol. The first-order valence-electron chi connectivity index (χ1n) is 9.36. The molecule has 3 amide bonds. The van der Waals surface area contributed by atoms with Crippen molar-refractivity contribution in [1.82, 2.24) is 10.2 Å². The molecule has 5 nitrogen and oxygen atoms in total. The number of carbonyl (C=O) groups excluding carboxylic acids is 2. The molecule has 0 spiro atoms. The van der Waals surface area contributed by atoms with Crippen molar-refractivity contribution < 1.29 is 18.4 Å². The summed E-state index contributed by atoms with van der Waals surface area (Å²) < 4.78 is 26.4. The number of benzene rings is 2. The SMILES string of the molecule is O=C(NCCC1CCN(C(=O)Nc2cccc(F)c2)CC1)c1cccc(F)c1. The Morgan fingerprint density at radius 3 is 2.36 bits per heavy atom. The molecule has 0 unspecified atom stereocenters. The number of piperidine rings is 1. The van der Waals surface area contributed by atoms with Crippen LogP contribution in [0.2, 0.25) is 0 Å². The maximum Gasteiger partial charge on any atom is 0.321 e. The number of nitrogens with one attached hydrogen (secondary N) is 2. The summed E-state index contributed by atoms with van der Waals surface area (Å²) in [6, 6.07) is 11.2. The Labute approximate surface area is 162 Å². The van der Waals surface area contributed by atoms with Gasteiger partial charge in [-0.25, -0.2) is 13.6 Å². The third-order valence-corrected chi connectivity index (χ3v) is 4.90. The summed E-state index contributed by atoms with van der Waals surface area (Å²) in [4.78, 5) is 26.0. The fourth-order valence-electron chi connectivity index (χ4n) is 3.32. The highest BCUT2D eigenvalue weighted by molar-refractivity contribution is 5.94. The molecule has 1 aliphatic rings. The van der Waals surface area contributed by atoms with Crippen LogP contribution in [0.15, 0.2) is 48.5 Å². The Balaban J connectivity index is 1.38. The minimum Gasteiger partial charge on any atom is -0.352 e. The lowest BCUT2D eigenvalue weighted by Crippen LogP contribution is -2.41. The van der Waals surface area contributed by atoms with Gasteiger partial charge in [0.05, 0.1) is 0 Å². The lowest BCUT2D eigenvalue weighted by Gasteiger charge is -2.32. The third kappa shape index (κ3) is 5.52. The summed E-state index contributed by atoms with van der Waals surface area (Å²) in [6.07, 6.45) is 2.49. The quantitative estimate of drug-likeness (QED) is 0.814. The van der Waals surface area contributed by atoms with E-state index in [0.717, 1.165) is 19.3 Å². The van der Waals surface area contributed by atoms with E-state index in [1.165, 1.54) is 30.3 Å². The summed E-state index contributed by atoms with van der Waals surface area (Å²) in [7, 11) is 0. The second-order valence-corrected chi connectivity index (χ2v) is 6.93. The standard InChI is InChI=1S/C21H23F2N3O2/c22-17-4-1-3-16(13-17)20(27)24-10-7-15-8-11-26(12-9-15)21(28)25-19-6-2-5-18(23)14-19/h1-6,13-15H,7-12H2,(H,24,27)(H,25,28). The van der Waals surface area contributed by atoms with Gasteiger partial charge in [-0.05, 0) is 61.6 Å². The number of anilines is 1. The van der Waals surface area contributed by atoms with Crippen LogP contribution in [0.5, 0.6) is 0 Å². The van der Waals surface area contributed by atoms with Crippen LogP contribution >= 0.6 is 0 Å². The average molecular weight is 387 g/mol. The van der Waals surface area contributed by atoms with Crippen molar-refractivity contribution in [2.24, 2.45) is 5.92 Å². The van der Waals surface area contributed by atoms with Gasteiger partial charge in [-0.15, -0.1) is 0 Å². The van der Waals surface area contributed by atoms with Crippen molar-refractivity contribution in [3.05, 3.63) is 65.7 Å². The highest BCUT2D eigenvalue weighted by Gasteiger charge is 2.23. The van der Waals surface area contributed by atoms with E-state index < -0.39 is 11.6 Å². The van der Waals surface area contributed by atoms with Crippen LogP contribution in [0.1, 0.15) is 29.6 Å². The molecule has 28 heavy (non-hydrogen) atoms. The van der Waals surface area contributed by atoms with Crippen LogP contribution in [0, 0.1) is 17.6 Å². The average Bonchev–Trinajstić information content (AvgIpc) is 2.68. The summed E-state index contributed by atoms with van der Waals surface area (Å²) in [5.41, 5.74) is 0.746. The van der Waals surface area contributed by atoms with Gasteiger partial charge in [0.2, 0.25) is 0 Å². The van der Waals surface area contributed by atoms with Gasteiger partial charge in [0.15, 0.2) is 0 Å². The summed E-state index contributed by atoms with van der Waals surface area (Å²) in [5, 5.41) is 5.52. The molecule has 1 heterocycles. The van der Waals surface area contributed by atoms with Gasteiger partial charge < -0.3 is 15.5 Å². The molecule has 7 heteroatoms. The van der Waals surface area contributed by atoms with Gasteiger partial charge in [-0.3, -0.25) is 4.79 Å². The highest BCUT2D eigenvalue weighted by atomic mass is 19.1. The number of amides is 3. The first kappa shape index (κ1) is 19.8. The van der Waals surface area contributed by atoms with Crippen LogP contribution in [0.25, 0.3) is 0 Å². The van der Waals surface area contributed by atoms with Gasteiger partial charge in [0.1, 0.15) is 11.6 Å². The summed E-state index contributed by atoms with van der Waals surface area (Å²) in [6.45, 7) is 1.74. The Bertz CT molecular complexity index is 836. The number of nitrogens with zero attached hydrogens (tertiary/aromatic N) is 1. The van der Waals surface area contributed by atoms with Crippen molar-refractivity contribution >= 4 is 17.6 Å². The Kier molecular flexibility index (Phi) is 6.57. The van der Waals surface area contributed by atoms with Gasteiger partial charge in [-0.2, -0.15) is 0 Å². The summed E-state index contributed by atoms with van der Waals surface area (Å²) >= 11 is 0. The maximum atomic E-state index is 13.2. The van der Waals surface area contributed by atoms with E-state index in [1.807, 2.05) is 0 Å². The highest BCUT2D eigenvalue weighted by Crippen LogP contribution is 2.21.